The normalized spacial score (nSPS) is 15.1. The lowest BCUT2D eigenvalue weighted by Crippen LogP contribution is -2.15. The second-order valence-electron chi connectivity index (χ2n) is 7.99. The summed E-state index contributed by atoms with van der Waals surface area (Å²) >= 11 is 3.08. The van der Waals surface area contributed by atoms with Crippen molar-refractivity contribution in [1.29, 1.82) is 0 Å². The van der Waals surface area contributed by atoms with E-state index in [1.54, 1.807) is 31.5 Å². The fourth-order valence-corrected chi connectivity index (χ4v) is 6.25. The van der Waals surface area contributed by atoms with E-state index in [2.05, 4.69) is 22.2 Å². The number of thioether (sulfide) groups is 1. The molecule has 1 atom stereocenters. The number of aromatic nitrogens is 2. The Morgan fingerprint density at radius 3 is 2.76 bits per heavy atom. The van der Waals surface area contributed by atoms with Crippen LogP contribution in [0.4, 0.5) is 11.4 Å². The van der Waals surface area contributed by atoms with Crippen LogP contribution < -0.4 is 14.8 Å². The summed E-state index contributed by atoms with van der Waals surface area (Å²) in [6.45, 7) is 6.33. The highest BCUT2D eigenvalue weighted by molar-refractivity contribution is 8.00. The van der Waals surface area contributed by atoms with Gasteiger partial charge in [0.05, 0.1) is 35.6 Å². The predicted octanol–water partition coefficient (Wildman–Crippen LogP) is 5.25. The Labute approximate surface area is 205 Å². The smallest absolute Gasteiger partial charge is 0.314 e. The van der Waals surface area contributed by atoms with Gasteiger partial charge in [-0.15, -0.1) is 11.3 Å². The molecule has 0 aliphatic heterocycles. The third-order valence-corrected chi connectivity index (χ3v) is 7.68. The Morgan fingerprint density at radius 1 is 1.26 bits per heavy atom. The molecule has 0 saturated carbocycles. The Balaban J connectivity index is 1.54. The molecule has 0 saturated heterocycles. The number of carbonyl (C=O) groups excluding carboxylic acids is 1. The largest absolute Gasteiger partial charge is 0.491 e. The molecule has 0 spiro atoms. The van der Waals surface area contributed by atoms with Gasteiger partial charge in [-0.1, -0.05) is 18.7 Å². The number of hydrogen-bond donors (Lipinski definition) is 1. The number of fused-ring (bicyclic) bond motifs is 3. The first-order valence-corrected chi connectivity index (χ1v) is 13.0. The minimum atomic E-state index is -0.530. The predicted molar refractivity (Wildman–Crippen MR) is 133 cm³/mol. The molecule has 3 aromatic rings. The van der Waals surface area contributed by atoms with Gasteiger partial charge in [0.2, 0.25) is 5.91 Å². The standard InChI is InChI=1S/C23H26N4O5S2/c1-4-31-17-10-16(27(29)30)18(32-5-2)9-15(17)26-20(28)11-33-22-21-14-7-6-13(3)8-19(14)34-23(21)25-12-24-22/h9-10,12-13H,4-8,11H2,1-3H3,(H,26,28)/t13-/m1/s1. The lowest BCUT2D eigenvalue weighted by atomic mass is 9.89. The molecule has 4 rings (SSSR count). The molecule has 1 amide bonds. The van der Waals surface area contributed by atoms with Crippen LogP contribution in [-0.2, 0) is 17.6 Å². The molecular formula is C23H26N4O5S2. The maximum Gasteiger partial charge on any atom is 0.314 e. The molecule has 1 aliphatic rings. The van der Waals surface area contributed by atoms with Gasteiger partial charge in [0.15, 0.2) is 5.75 Å². The number of thiophene rings is 1. The molecule has 1 aromatic carbocycles. The van der Waals surface area contributed by atoms with E-state index < -0.39 is 4.92 Å². The van der Waals surface area contributed by atoms with Crippen LogP contribution in [0.1, 0.15) is 37.6 Å². The van der Waals surface area contributed by atoms with Crippen LogP contribution in [0.2, 0.25) is 0 Å². The van der Waals surface area contributed by atoms with Crippen molar-refractivity contribution < 1.29 is 19.2 Å². The van der Waals surface area contributed by atoms with Crippen LogP contribution in [-0.4, -0.2) is 39.8 Å². The number of nitro benzene ring substituents is 1. The third-order valence-electron chi connectivity index (χ3n) is 5.53. The quantitative estimate of drug-likeness (QED) is 0.182. The van der Waals surface area contributed by atoms with E-state index in [9.17, 15) is 14.9 Å². The summed E-state index contributed by atoms with van der Waals surface area (Å²) in [6, 6.07) is 2.72. The highest BCUT2D eigenvalue weighted by Gasteiger charge is 2.24. The van der Waals surface area contributed by atoms with E-state index in [0.717, 1.165) is 34.5 Å². The molecule has 180 valence electrons. The van der Waals surface area contributed by atoms with Crippen molar-refractivity contribution in [2.45, 2.75) is 45.1 Å². The molecular weight excluding hydrogens is 476 g/mol. The summed E-state index contributed by atoms with van der Waals surface area (Å²) in [5, 5.41) is 16.1. The van der Waals surface area contributed by atoms with Crippen molar-refractivity contribution in [2.24, 2.45) is 5.92 Å². The van der Waals surface area contributed by atoms with Gasteiger partial charge in [-0.25, -0.2) is 9.97 Å². The van der Waals surface area contributed by atoms with Gasteiger partial charge >= 0.3 is 5.69 Å². The van der Waals surface area contributed by atoms with Crippen LogP contribution in [0.5, 0.6) is 11.5 Å². The van der Waals surface area contributed by atoms with E-state index in [1.165, 1.54) is 34.3 Å². The van der Waals surface area contributed by atoms with Crippen molar-refractivity contribution in [3.8, 4) is 11.5 Å². The fraction of sp³-hybridized carbons (Fsp3) is 0.435. The number of aryl methyl sites for hydroxylation is 1. The SMILES string of the molecule is CCOc1cc([N+](=O)[O-])c(OCC)cc1NC(=O)CSc1ncnc2sc3c(c12)CC[C@@H](C)C3. The first-order valence-electron chi connectivity index (χ1n) is 11.2. The van der Waals surface area contributed by atoms with Gasteiger partial charge in [-0.2, -0.15) is 0 Å². The number of nitro groups is 1. The van der Waals surface area contributed by atoms with Crippen LogP contribution in [0.15, 0.2) is 23.5 Å². The number of amides is 1. The molecule has 2 heterocycles. The summed E-state index contributed by atoms with van der Waals surface area (Å²) in [6.07, 6.45) is 4.75. The zero-order valence-corrected chi connectivity index (χ0v) is 20.9. The number of anilines is 1. The van der Waals surface area contributed by atoms with Gasteiger partial charge in [0.1, 0.15) is 21.9 Å². The Kier molecular flexibility index (Phi) is 7.52. The van der Waals surface area contributed by atoms with Gasteiger partial charge < -0.3 is 14.8 Å². The van der Waals surface area contributed by atoms with Crippen LogP contribution in [0.3, 0.4) is 0 Å². The number of carbonyl (C=O) groups is 1. The molecule has 2 aromatic heterocycles. The lowest BCUT2D eigenvalue weighted by molar-refractivity contribution is -0.385. The first-order chi connectivity index (χ1) is 16.4. The van der Waals surface area contributed by atoms with E-state index in [4.69, 9.17) is 9.47 Å². The maximum atomic E-state index is 12.8. The molecule has 11 heteroatoms. The van der Waals surface area contributed by atoms with E-state index >= 15 is 0 Å². The van der Waals surface area contributed by atoms with Crippen molar-refractivity contribution in [3.63, 3.8) is 0 Å². The molecule has 0 fully saturated rings. The van der Waals surface area contributed by atoms with Crippen LogP contribution >= 0.6 is 23.1 Å². The Morgan fingerprint density at radius 2 is 2.03 bits per heavy atom. The van der Waals surface area contributed by atoms with Crippen molar-refractivity contribution in [2.75, 3.05) is 24.3 Å². The molecule has 0 bridgehead atoms. The number of ether oxygens (including phenoxy) is 2. The highest BCUT2D eigenvalue weighted by Crippen LogP contribution is 2.41. The number of hydrogen-bond acceptors (Lipinski definition) is 9. The molecule has 1 N–H and O–H groups in total. The highest BCUT2D eigenvalue weighted by atomic mass is 32.2. The summed E-state index contributed by atoms with van der Waals surface area (Å²) < 4.78 is 11.0. The summed E-state index contributed by atoms with van der Waals surface area (Å²) in [5.74, 6) is 0.821. The summed E-state index contributed by atoms with van der Waals surface area (Å²) in [4.78, 5) is 35.0. The average Bonchev–Trinajstić information content (AvgIpc) is 3.17. The molecule has 9 nitrogen and oxygen atoms in total. The minimum absolute atomic E-state index is 0.0792. The number of benzene rings is 1. The molecule has 0 radical (unpaired) electrons. The maximum absolute atomic E-state index is 12.8. The Hall–Kier alpha value is -2.92. The molecule has 34 heavy (non-hydrogen) atoms. The van der Waals surface area contributed by atoms with Crippen LogP contribution in [0.25, 0.3) is 10.2 Å². The van der Waals surface area contributed by atoms with Crippen molar-refractivity contribution in [1.82, 2.24) is 9.97 Å². The Bertz CT molecular complexity index is 1230. The van der Waals surface area contributed by atoms with Gasteiger partial charge in [-0.3, -0.25) is 14.9 Å². The van der Waals surface area contributed by atoms with E-state index in [-0.39, 0.29) is 35.5 Å². The topological polar surface area (TPSA) is 116 Å². The zero-order chi connectivity index (χ0) is 24.2. The van der Waals surface area contributed by atoms with Gasteiger partial charge in [-0.05, 0) is 44.6 Å². The fourth-order valence-electron chi connectivity index (χ4n) is 4.01. The average molecular weight is 503 g/mol. The second kappa shape index (κ2) is 10.6. The van der Waals surface area contributed by atoms with Gasteiger partial charge in [0.25, 0.3) is 0 Å². The summed E-state index contributed by atoms with van der Waals surface area (Å²) in [7, 11) is 0. The first kappa shape index (κ1) is 24.2. The van der Waals surface area contributed by atoms with Gasteiger partial charge in [0, 0.05) is 16.3 Å². The number of nitrogens with zero attached hydrogens (tertiary/aromatic N) is 3. The zero-order valence-electron chi connectivity index (χ0n) is 19.3. The summed E-state index contributed by atoms with van der Waals surface area (Å²) in [5.41, 5.74) is 1.44. The molecule has 1 aliphatic carbocycles. The lowest BCUT2D eigenvalue weighted by Gasteiger charge is -2.18. The minimum Gasteiger partial charge on any atom is -0.491 e. The van der Waals surface area contributed by atoms with Crippen molar-refractivity contribution >= 4 is 50.6 Å². The third kappa shape index (κ3) is 5.10. The van der Waals surface area contributed by atoms with E-state index in [0.29, 0.717) is 18.2 Å². The monoisotopic (exact) mass is 502 g/mol. The number of nitrogens with one attached hydrogen (secondary N) is 1. The molecule has 0 unspecified atom stereocenters. The van der Waals surface area contributed by atoms with Crippen molar-refractivity contribution in [3.05, 3.63) is 39.0 Å². The van der Waals surface area contributed by atoms with Crippen LogP contribution in [0, 0.1) is 16.0 Å². The second-order valence-corrected chi connectivity index (χ2v) is 10.0. The number of rotatable bonds is 9. The van der Waals surface area contributed by atoms with E-state index in [1.807, 2.05) is 0 Å².